The molecule has 1 spiro atoms. The van der Waals surface area contributed by atoms with Crippen LogP contribution in [-0.2, 0) is 5.41 Å². The van der Waals surface area contributed by atoms with Gasteiger partial charge in [-0.15, -0.1) is 0 Å². The van der Waals surface area contributed by atoms with Crippen molar-refractivity contribution in [3.05, 3.63) is 193 Å². The minimum absolute atomic E-state index is 0.176. The largest absolute Gasteiger partial charge is 0.228 e. The summed E-state index contributed by atoms with van der Waals surface area (Å²) in [5.41, 5.74) is 18.5. The minimum atomic E-state index is 0.176. The van der Waals surface area contributed by atoms with E-state index >= 15 is 0 Å². The van der Waals surface area contributed by atoms with Crippen molar-refractivity contribution < 1.29 is 0 Å². The topological polar surface area (TPSA) is 25.8 Å². The van der Waals surface area contributed by atoms with E-state index in [0.717, 1.165) is 39.5 Å². The second-order valence-electron chi connectivity index (χ2n) is 14.8. The highest BCUT2D eigenvalue weighted by atomic mass is 14.9. The minimum Gasteiger partial charge on any atom is -0.228 e. The summed E-state index contributed by atoms with van der Waals surface area (Å²) in [4.78, 5) is 10.0. The van der Waals surface area contributed by atoms with Crippen LogP contribution in [0.2, 0.25) is 0 Å². The molecular weight excluding hydrogens is 653 g/mol. The molecule has 0 bridgehead atoms. The number of nitrogens with zero attached hydrogens (tertiary/aromatic N) is 2. The average Bonchev–Trinajstić information content (AvgIpc) is 3.53. The molecule has 7 aromatic carbocycles. The third-order valence-electron chi connectivity index (χ3n) is 11.8. The van der Waals surface area contributed by atoms with Gasteiger partial charge in [0.1, 0.15) is 0 Å². The van der Waals surface area contributed by atoms with Crippen LogP contribution in [0.25, 0.3) is 78.4 Å². The molecule has 1 saturated carbocycles. The zero-order chi connectivity index (χ0) is 35.9. The van der Waals surface area contributed by atoms with Gasteiger partial charge >= 0.3 is 0 Å². The Bertz CT molecular complexity index is 2520. The van der Waals surface area contributed by atoms with Gasteiger partial charge in [0.15, 0.2) is 5.82 Å². The van der Waals surface area contributed by atoms with Gasteiger partial charge in [0, 0.05) is 22.1 Å². The summed E-state index contributed by atoms with van der Waals surface area (Å²) in [5.74, 6) is 0.721. The van der Waals surface area contributed by atoms with Gasteiger partial charge in [-0.3, -0.25) is 0 Å². The fraction of sp³-hybridized carbons (Fsp3) is 0.115. The van der Waals surface area contributed by atoms with Crippen LogP contribution in [0.1, 0.15) is 43.2 Å². The summed E-state index contributed by atoms with van der Waals surface area (Å²) >= 11 is 0. The van der Waals surface area contributed by atoms with Gasteiger partial charge in [-0.1, -0.05) is 195 Å². The standard InChI is InChI=1S/C52H40N2/c1-4-13-41(14-5-1)48-35-49(42-15-6-2-7-16-42)54-51(53-48)43-31-27-39(28-32-43)37-23-21-36(22-24-37)38-25-29-40(30-26-38)44-18-12-20-47-50(44)45-17-8-9-19-46(45)52(47)33-10-3-11-34-52/h1-2,4-9,12-32,35H,3,10-11,33-34H2. The Morgan fingerprint density at radius 2 is 0.778 bits per heavy atom. The fourth-order valence-electron chi connectivity index (χ4n) is 9.04. The Hall–Kier alpha value is -6.38. The molecule has 54 heavy (non-hydrogen) atoms. The first-order valence-electron chi connectivity index (χ1n) is 19.3. The van der Waals surface area contributed by atoms with Crippen molar-refractivity contribution in [3.63, 3.8) is 0 Å². The maximum Gasteiger partial charge on any atom is 0.160 e. The molecule has 10 rings (SSSR count). The lowest BCUT2D eigenvalue weighted by Gasteiger charge is -2.36. The van der Waals surface area contributed by atoms with Crippen LogP contribution in [-0.4, -0.2) is 9.97 Å². The second-order valence-corrected chi connectivity index (χ2v) is 14.8. The Balaban J connectivity index is 0.914. The summed E-state index contributed by atoms with van der Waals surface area (Å²) < 4.78 is 0. The van der Waals surface area contributed by atoms with E-state index in [1.807, 2.05) is 36.4 Å². The van der Waals surface area contributed by atoms with E-state index in [-0.39, 0.29) is 5.41 Å². The van der Waals surface area contributed by atoms with Crippen LogP contribution >= 0.6 is 0 Å². The second kappa shape index (κ2) is 13.5. The summed E-state index contributed by atoms with van der Waals surface area (Å²) in [5, 5.41) is 0. The molecule has 2 aliphatic carbocycles. The van der Waals surface area contributed by atoms with Crippen LogP contribution in [0.4, 0.5) is 0 Å². The van der Waals surface area contributed by atoms with Gasteiger partial charge in [-0.05, 0) is 74.5 Å². The van der Waals surface area contributed by atoms with E-state index in [9.17, 15) is 0 Å². The summed E-state index contributed by atoms with van der Waals surface area (Å²) in [6.45, 7) is 0. The quantitative estimate of drug-likeness (QED) is 0.173. The van der Waals surface area contributed by atoms with Gasteiger partial charge in [0.25, 0.3) is 0 Å². The SMILES string of the molecule is c1ccc(-c2cc(-c3ccccc3)nc(-c3ccc(-c4ccc(-c5ccc(-c6cccc7c6-c6ccccc6C76CCCCC6)cc5)cc4)cc3)n2)cc1. The lowest BCUT2D eigenvalue weighted by Crippen LogP contribution is -2.27. The molecule has 2 nitrogen and oxygen atoms in total. The first-order valence-corrected chi connectivity index (χ1v) is 19.3. The third-order valence-corrected chi connectivity index (χ3v) is 11.8. The first-order chi connectivity index (χ1) is 26.7. The maximum atomic E-state index is 5.01. The lowest BCUT2D eigenvalue weighted by atomic mass is 9.68. The van der Waals surface area contributed by atoms with Gasteiger partial charge in [-0.25, -0.2) is 9.97 Å². The van der Waals surface area contributed by atoms with Gasteiger partial charge in [0.05, 0.1) is 11.4 Å². The smallest absolute Gasteiger partial charge is 0.160 e. The lowest BCUT2D eigenvalue weighted by molar-refractivity contribution is 0.353. The summed E-state index contributed by atoms with van der Waals surface area (Å²) in [6.07, 6.45) is 6.49. The molecule has 0 saturated heterocycles. The van der Waals surface area contributed by atoms with Crippen molar-refractivity contribution in [1.82, 2.24) is 9.97 Å². The molecule has 8 aromatic rings. The molecule has 0 amide bonds. The zero-order valence-corrected chi connectivity index (χ0v) is 30.3. The van der Waals surface area contributed by atoms with Crippen molar-refractivity contribution >= 4 is 0 Å². The van der Waals surface area contributed by atoms with E-state index < -0.39 is 0 Å². The van der Waals surface area contributed by atoms with Crippen LogP contribution in [0.15, 0.2) is 182 Å². The van der Waals surface area contributed by atoms with Crippen molar-refractivity contribution in [2.24, 2.45) is 0 Å². The Kier molecular flexibility index (Phi) is 8.10. The Labute approximate surface area is 317 Å². The Morgan fingerprint density at radius 1 is 0.333 bits per heavy atom. The molecule has 0 N–H and O–H groups in total. The van der Waals surface area contributed by atoms with Crippen molar-refractivity contribution in [2.45, 2.75) is 37.5 Å². The average molecular weight is 693 g/mol. The highest BCUT2D eigenvalue weighted by molar-refractivity contribution is 5.93. The van der Waals surface area contributed by atoms with Crippen LogP contribution in [0.3, 0.4) is 0 Å². The monoisotopic (exact) mass is 692 g/mol. The molecule has 2 aliphatic rings. The highest BCUT2D eigenvalue weighted by Gasteiger charge is 2.44. The van der Waals surface area contributed by atoms with E-state index in [4.69, 9.17) is 9.97 Å². The predicted molar refractivity (Wildman–Crippen MR) is 224 cm³/mol. The van der Waals surface area contributed by atoms with Crippen LogP contribution in [0, 0.1) is 0 Å². The molecule has 0 aliphatic heterocycles. The van der Waals surface area contributed by atoms with Crippen LogP contribution < -0.4 is 0 Å². The van der Waals surface area contributed by atoms with E-state index in [2.05, 4.69) is 146 Å². The predicted octanol–water partition coefficient (Wildman–Crippen LogP) is 13.7. The molecule has 1 fully saturated rings. The maximum absolute atomic E-state index is 5.01. The summed E-state index contributed by atoms with van der Waals surface area (Å²) in [7, 11) is 0. The number of aromatic nitrogens is 2. The molecule has 258 valence electrons. The normalized spacial score (nSPS) is 14.1. The van der Waals surface area contributed by atoms with Crippen molar-refractivity contribution in [3.8, 4) is 78.4 Å². The van der Waals surface area contributed by atoms with Gasteiger partial charge < -0.3 is 0 Å². The zero-order valence-electron chi connectivity index (χ0n) is 30.3. The molecular formula is C52H40N2. The van der Waals surface area contributed by atoms with Gasteiger partial charge in [-0.2, -0.15) is 0 Å². The molecule has 1 heterocycles. The molecule has 0 atom stereocenters. The molecule has 0 radical (unpaired) electrons. The molecule has 1 aromatic heterocycles. The summed E-state index contributed by atoms with van der Waals surface area (Å²) in [6, 6.07) is 65.7. The number of benzene rings is 7. The number of fused-ring (bicyclic) bond motifs is 5. The first kappa shape index (κ1) is 32.3. The van der Waals surface area contributed by atoms with Crippen molar-refractivity contribution in [1.29, 1.82) is 0 Å². The number of rotatable bonds is 6. The van der Waals surface area contributed by atoms with Gasteiger partial charge in [0.2, 0.25) is 0 Å². The van der Waals surface area contributed by atoms with E-state index in [1.165, 1.54) is 71.0 Å². The van der Waals surface area contributed by atoms with Crippen LogP contribution in [0.5, 0.6) is 0 Å². The van der Waals surface area contributed by atoms with E-state index in [1.54, 1.807) is 11.1 Å². The van der Waals surface area contributed by atoms with E-state index in [0.29, 0.717) is 0 Å². The number of hydrogen-bond acceptors (Lipinski definition) is 2. The van der Waals surface area contributed by atoms with Crippen molar-refractivity contribution in [2.75, 3.05) is 0 Å². The third kappa shape index (κ3) is 5.67. The fourth-order valence-corrected chi connectivity index (χ4v) is 9.04. The number of hydrogen-bond donors (Lipinski definition) is 0. The highest BCUT2D eigenvalue weighted by Crippen LogP contribution is 2.57. The Morgan fingerprint density at radius 3 is 1.33 bits per heavy atom. The molecule has 2 heteroatoms. The molecule has 0 unspecified atom stereocenters.